The van der Waals surface area contributed by atoms with Crippen LogP contribution in [0.15, 0.2) is 41.5 Å². The van der Waals surface area contributed by atoms with E-state index < -0.39 is 0 Å². The molecule has 2 heterocycles. The second-order valence-electron chi connectivity index (χ2n) is 6.32. The highest BCUT2D eigenvalue weighted by Gasteiger charge is 2.51. The maximum absolute atomic E-state index is 11.6. The minimum atomic E-state index is -0.382. The summed E-state index contributed by atoms with van der Waals surface area (Å²) in [6.45, 7) is 8.11. The highest BCUT2D eigenvalue weighted by molar-refractivity contribution is 6.62. The van der Waals surface area contributed by atoms with Crippen molar-refractivity contribution in [2.24, 2.45) is 0 Å². The number of rotatable bonds is 2. The SMILES string of the molecule is CC1(C)OB(c2ccc(-n3cc[nH]c3=O)cc2)OC1(C)C. The molecular weight excluding hydrogens is 267 g/mol. The second-order valence-corrected chi connectivity index (χ2v) is 6.32. The van der Waals surface area contributed by atoms with Gasteiger partial charge in [-0.05, 0) is 45.3 Å². The highest BCUT2D eigenvalue weighted by Crippen LogP contribution is 2.36. The first-order valence-electron chi connectivity index (χ1n) is 7.02. The van der Waals surface area contributed by atoms with E-state index in [4.69, 9.17) is 9.31 Å². The third-order valence-electron chi connectivity index (χ3n) is 4.35. The monoisotopic (exact) mass is 286 g/mol. The van der Waals surface area contributed by atoms with Crippen LogP contribution < -0.4 is 11.2 Å². The summed E-state index contributed by atoms with van der Waals surface area (Å²) in [7, 11) is -0.382. The zero-order valence-electron chi connectivity index (χ0n) is 12.7. The minimum Gasteiger partial charge on any atom is -0.399 e. The Bertz CT molecular complexity index is 684. The molecule has 3 rings (SSSR count). The Balaban J connectivity index is 1.86. The molecule has 0 radical (unpaired) electrons. The van der Waals surface area contributed by atoms with Gasteiger partial charge in [0.15, 0.2) is 0 Å². The summed E-state index contributed by atoms with van der Waals surface area (Å²) >= 11 is 0. The molecule has 0 aliphatic carbocycles. The van der Waals surface area contributed by atoms with Crippen LogP contribution in [0.4, 0.5) is 0 Å². The summed E-state index contributed by atoms with van der Waals surface area (Å²) < 4.78 is 13.6. The minimum absolute atomic E-state index is 0.154. The van der Waals surface area contributed by atoms with Crippen molar-refractivity contribution >= 4 is 12.6 Å². The molecule has 5 nitrogen and oxygen atoms in total. The van der Waals surface area contributed by atoms with E-state index in [0.717, 1.165) is 11.2 Å². The van der Waals surface area contributed by atoms with Gasteiger partial charge in [-0.1, -0.05) is 12.1 Å². The Labute approximate surface area is 124 Å². The first-order chi connectivity index (χ1) is 9.80. The highest BCUT2D eigenvalue weighted by atomic mass is 16.7. The van der Waals surface area contributed by atoms with E-state index in [2.05, 4.69) is 4.98 Å². The van der Waals surface area contributed by atoms with Gasteiger partial charge in [-0.25, -0.2) is 4.79 Å². The van der Waals surface area contributed by atoms with E-state index in [-0.39, 0.29) is 24.0 Å². The number of hydrogen-bond donors (Lipinski definition) is 1. The molecule has 6 heteroatoms. The van der Waals surface area contributed by atoms with Crippen LogP contribution in [0.25, 0.3) is 5.69 Å². The van der Waals surface area contributed by atoms with Gasteiger partial charge < -0.3 is 14.3 Å². The molecule has 1 aromatic carbocycles. The summed E-state index contributed by atoms with van der Waals surface area (Å²) in [5.74, 6) is 0. The Kier molecular flexibility index (Phi) is 3.11. The summed E-state index contributed by atoms with van der Waals surface area (Å²) in [6, 6.07) is 7.62. The first kappa shape index (κ1) is 14.2. The fourth-order valence-corrected chi connectivity index (χ4v) is 2.29. The molecule has 1 aliphatic rings. The summed E-state index contributed by atoms with van der Waals surface area (Å²) in [5.41, 5.74) is 0.892. The molecule has 2 aromatic rings. The number of H-pyrrole nitrogens is 1. The fraction of sp³-hybridized carbons (Fsp3) is 0.400. The number of nitrogens with zero attached hydrogens (tertiary/aromatic N) is 1. The fourth-order valence-electron chi connectivity index (χ4n) is 2.29. The molecule has 0 bridgehead atoms. The Morgan fingerprint density at radius 2 is 1.62 bits per heavy atom. The summed E-state index contributed by atoms with van der Waals surface area (Å²) in [6.07, 6.45) is 3.32. The second kappa shape index (κ2) is 4.61. The van der Waals surface area contributed by atoms with Crippen LogP contribution in [0.1, 0.15) is 27.7 Å². The quantitative estimate of drug-likeness (QED) is 0.850. The van der Waals surface area contributed by atoms with Gasteiger partial charge in [0.25, 0.3) is 0 Å². The van der Waals surface area contributed by atoms with Crippen molar-refractivity contribution in [1.29, 1.82) is 0 Å². The van der Waals surface area contributed by atoms with Gasteiger partial charge in [0.05, 0.1) is 16.9 Å². The number of imidazole rings is 1. The van der Waals surface area contributed by atoms with E-state index in [9.17, 15) is 4.79 Å². The standard InChI is InChI=1S/C15H19BN2O3/c1-14(2)15(3,4)21-16(20-14)11-5-7-12(8-6-11)18-10-9-17-13(18)19/h5-10H,1-4H3,(H,17,19). The molecule has 1 fully saturated rings. The molecule has 0 unspecified atom stereocenters. The first-order valence-corrected chi connectivity index (χ1v) is 7.02. The average Bonchev–Trinajstić information content (AvgIpc) is 2.92. The Morgan fingerprint density at radius 3 is 2.10 bits per heavy atom. The molecule has 1 N–H and O–H groups in total. The Hall–Kier alpha value is -1.79. The topological polar surface area (TPSA) is 56.2 Å². The third kappa shape index (κ3) is 2.34. The maximum Gasteiger partial charge on any atom is 0.494 e. The van der Waals surface area contributed by atoms with Gasteiger partial charge in [-0.3, -0.25) is 4.57 Å². The van der Waals surface area contributed by atoms with Crippen LogP contribution >= 0.6 is 0 Å². The van der Waals surface area contributed by atoms with E-state index in [0.29, 0.717) is 0 Å². The van der Waals surface area contributed by atoms with Gasteiger partial charge in [-0.15, -0.1) is 0 Å². The van der Waals surface area contributed by atoms with Crippen LogP contribution in [0.3, 0.4) is 0 Å². The molecular formula is C15H19BN2O3. The maximum atomic E-state index is 11.6. The van der Waals surface area contributed by atoms with Crippen molar-refractivity contribution in [1.82, 2.24) is 9.55 Å². The van der Waals surface area contributed by atoms with E-state index in [1.54, 1.807) is 17.0 Å². The number of benzene rings is 1. The molecule has 1 saturated heterocycles. The molecule has 1 aromatic heterocycles. The number of nitrogens with one attached hydrogen (secondary N) is 1. The van der Waals surface area contributed by atoms with Gasteiger partial charge in [0.2, 0.25) is 0 Å². The molecule has 110 valence electrons. The normalized spacial score (nSPS) is 19.9. The van der Waals surface area contributed by atoms with Crippen molar-refractivity contribution in [3.8, 4) is 5.69 Å². The van der Waals surface area contributed by atoms with Crippen molar-refractivity contribution in [3.05, 3.63) is 47.1 Å². The van der Waals surface area contributed by atoms with Crippen LogP contribution in [0.5, 0.6) is 0 Å². The number of aromatic nitrogens is 2. The van der Waals surface area contributed by atoms with Crippen molar-refractivity contribution in [2.75, 3.05) is 0 Å². The smallest absolute Gasteiger partial charge is 0.399 e. The van der Waals surface area contributed by atoms with Crippen molar-refractivity contribution < 1.29 is 9.31 Å². The van der Waals surface area contributed by atoms with Crippen LogP contribution in [0, 0.1) is 0 Å². The third-order valence-corrected chi connectivity index (χ3v) is 4.35. The van der Waals surface area contributed by atoms with Crippen LogP contribution in [-0.2, 0) is 9.31 Å². The molecule has 0 saturated carbocycles. The summed E-state index contributed by atoms with van der Waals surface area (Å²) in [5, 5.41) is 0. The van der Waals surface area contributed by atoms with E-state index >= 15 is 0 Å². The average molecular weight is 286 g/mol. The van der Waals surface area contributed by atoms with Gasteiger partial charge in [0.1, 0.15) is 0 Å². The zero-order chi connectivity index (χ0) is 15.3. The molecule has 1 aliphatic heterocycles. The zero-order valence-corrected chi connectivity index (χ0v) is 12.7. The van der Waals surface area contributed by atoms with E-state index in [1.165, 1.54) is 0 Å². The van der Waals surface area contributed by atoms with Crippen molar-refractivity contribution in [2.45, 2.75) is 38.9 Å². The molecule has 21 heavy (non-hydrogen) atoms. The van der Waals surface area contributed by atoms with Gasteiger partial charge in [0, 0.05) is 12.4 Å². The number of hydrogen-bond acceptors (Lipinski definition) is 3. The summed E-state index contributed by atoms with van der Waals surface area (Å²) in [4.78, 5) is 14.2. The lowest BCUT2D eigenvalue weighted by molar-refractivity contribution is 0.00578. The van der Waals surface area contributed by atoms with Gasteiger partial charge in [-0.2, -0.15) is 0 Å². The predicted octanol–water partition coefficient (Wildman–Crippen LogP) is 1.46. The van der Waals surface area contributed by atoms with E-state index in [1.807, 2.05) is 52.0 Å². The van der Waals surface area contributed by atoms with Gasteiger partial charge >= 0.3 is 12.8 Å². The molecule has 0 spiro atoms. The predicted molar refractivity (Wildman–Crippen MR) is 82.1 cm³/mol. The lowest BCUT2D eigenvalue weighted by Gasteiger charge is -2.32. The molecule has 0 atom stereocenters. The van der Waals surface area contributed by atoms with Crippen molar-refractivity contribution in [3.63, 3.8) is 0 Å². The Morgan fingerprint density at radius 1 is 1.05 bits per heavy atom. The molecule has 0 amide bonds. The van der Waals surface area contributed by atoms with Crippen LogP contribution in [-0.4, -0.2) is 27.9 Å². The number of aromatic amines is 1. The lowest BCUT2D eigenvalue weighted by Crippen LogP contribution is -2.41. The lowest BCUT2D eigenvalue weighted by atomic mass is 9.79. The largest absolute Gasteiger partial charge is 0.494 e. The van der Waals surface area contributed by atoms with Crippen LogP contribution in [0.2, 0.25) is 0 Å².